The number of hydrogen-bond acceptors (Lipinski definition) is 3. The lowest BCUT2D eigenvalue weighted by Gasteiger charge is -2.64. The highest BCUT2D eigenvalue weighted by atomic mass is 15.0. The van der Waals surface area contributed by atoms with Gasteiger partial charge in [0.25, 0.3) is 0 Å². The zero-order valence-corrected chi connectivity index (χ0v) is 37.1. The number of benzene rings is 8. The van der Waals surface area contributed by atoms with Crippen LogP contribution in [0.25, 0.3) is 78.3 Å². The highest BCUT2D eigenvalue weighted by Crippen LogP contribution is 2.68. The van der Waals surface area contributed by atoms with Gasteiger partial charge in [-0.15, -0.1) is 0 Å². The average Bonchev–Trinajstić information content (AvgIpc) is 3.36. The Balaban J connectivity index is 0.876. The van der Waals surface area contributed by atoms with Gasteiger partial charge in [-0.1, -0.05) is 184 Å². The summed E-state index contributed by atoms with van der Waals surface area (Å²) >= 11 is 0. The second-order valence-electron chi connectivity index (χ2n) is 20.0. The first-order valence-corrected chi connectivity index (χ1v) is 23.8. The van der Waals surface area contributed by atoms with Gasteiger partial charge in [-0.05, 0) is 140 Å². The van der Waals surface area contributed by atoms with Gasteiger partial charge in [0, 0.05) is 27.5 Å². The van der Waals surface area contributed by atoms with E-state index in [4.69, 9.17) is 15.0 Å². The fraction of sp³-hybridized carbons (Fsp3) is 0.210. The van der Waals surface area contributed by atoms with E-state index >= 15 is 0 Å². The third-order valence-corrected chi connectivity index (χ3v) is 16.2. The highest BCUT2D eigenvalue weighted by Gasteiger charge is 2.62. The van der Waals surface area contributed by atoms with Gasteiger partial charge >= 0.3 is 0 Å². The minimum atomic E-state index is -0.0405. The van der Waals surface area contributed by atoms with Crippen LogP contribution < -0.4 is 0 Å². The summed E-state index contributed by atoms with van der Waals surface area (Å²) in [6.45, 7) is 4.92. The molecule has 0 atom stereocenters. The van der Waals surface area contributed by atoms with Crippen molar-refractivity contribution in [3.63, 3.8) is 0 Å². The molecule has 14 rings (SSSR count). The Labute approximate surface area is 382 Å². The number of fused-ring (bicyclic) bond motifs is 3. The van der Waals surface area contributed by atoms with Crippen molar-refractivity contribution in [3.8, 4) is 67.5 Å². The quantitative estimate of drug-likeness (QED) is 0.167. The van der Waals surface area contributed by atoms with E-state index in [9.17, 15) is 0 Å². The summed E-state index contributed by atoms with van der Waals surface area (Å²) in [6.07, 6.45) is 7.01. The van der Waals surface area contributed by atoms with Crippen LogP contribution in [0.4, 0.5) is 0 Å². The maximum Gasteiger partial charge on any atom is 0.164 e. The predicted octanol–water partition coefficient (Wildman–Crippen LogP) is 15.4. The van der Waals surface area contributed by atoms with E-state index < -0.39 is 0 Å². The maximum absolute atomic E-state index is 5.24. The van der Waals surface area contributed by atoms with Crippen LogP contribution >= 0.6 is 0 Å². The van der Waals surface area contributed by atoms with Gasteiger partial charge in [0.2, 0.25) is 0 Å². The van der Waals surface area contributed by atoms with Gasteiger partial charge in [-0.3, -0.25) is 0 Å². The lowest BCUT2D eigenvalue weighted by atomic mass is 9.39. The van der Waals surface area contributed by atoms with Crippen LogP contribution in [0.2, 0.25) is 0 Å². The first kappa shape index (κ1) is 38.5. The third-order valence-electron chi connectivity index (χ3n) is 16.2. The van der Waals surface area contributed by atoms with Crippen LogP contribution in [0.3, 0.4) is 0 Å². The Morgan fingerprint density at radius 3 is 1.49 bits per heavy atom. The van der Waals surface area contributed by atoms with Gasteiger partial charge in [-0.2, -0.15) is 0 Å². The lowest BCUT2D eigenvalue weighted by molar-refractivity contribution is -0.0443. The molecular weight excluding hydrogens is 787 g/mol. The molecule has 9 aromatic rings. The summed E-state index contributed by atoms with van der Waals surface area (Å²) in [5, 5.41) is 2.28. The molecule has 8 aromatic carbocycles. The molecule has 0 amide bonds. The van der Waals surface area contributed by atoms with Crippen molar-refractivity contribution in [1.29, 1.82) is 0 Å². The molecule has 0 aliphatic heterocycles. The molecule has 3 nitrogen and oxygen atoms in total. The van der Waals surface area contributed by atoms with Gasteiger partial charge in [0.05, 0.1) is 0 Å². The summed E-state index contributed by atoms with van der Waals surface area (Å²) in [4.78, 5) is 15.5. The fourth-order valence-electron chi connectivity index (χ4n) is 13.5. The Morgan fingerprint density at radius 1 is 0.338 bits per heavy atom. The molecule has 1 aromatic heterocycles. The van der Waals surface area contributed by atoms with E-state index in [0.717, 1.165) is 51.3 Å². The fourth-order valence-corrected chi connectivity index (χ4v) is 13.5. The van der Waals surface area contributed by atoms with Crippen LogP contribution in [0.1, 0.15) is 68.2 Å². The van der Waals surface area contributed by atoms with E-state index in [2.05, 4.69) is 184 Å². The molecule has 65 heavy (non-hydrogen) atoms. The van der Waals surface area contributed by atoms with Gasteiger partial charge in [-0.25, -0.2) is 15.0 Å². The predicted molar refractivity (Wildman–Crippen MR) is 266 cm³/mol. The molecule has 3 heteroatoms. The molecule has 5 aliphatic rings. The maximum atomic E-state index is 5.24. The van der Waals surface area contributed by atoms with Crippen LogP contribution in [0.15, 0.2) is 188 Å². The first-order valence-electron chi connectivity index (χ1n) is 23.8. The molecule has 0 unspecified atom stereocenters. The number of hydrogen-bond donors (Lipinski definition) is 0. The van der Waals surface area contributed by atoms with Crippen LogP contribution in [-0.2, 0) is 10.8 Å². The Kier molecular flexibility index (Phi) is 8.76. The van der Waals surface area contributed by atoms with E-state index in [1.165, 1.54) is 70.9 Å². The Morgan fingerprint density at radius 2 is 0.815 bits per heavy atom. The molecule has 5 aliphatic carbocycles. The van der Waals surface area contributed by atoms with E-state index in [1.807, 2.05) is 18.2 Å². The largest absolute Gasteiger partial charge is 0.208 e. The summed E-state index contributed by atoms with van der Waals surface area (Å²) in [7, 11) is 0. The van der Waals surface area contributed by atoms with Crippen molar-refractivity contribution in [2.75, 3.05) is 0 Å². The van der Waals surface area contributed by atoms with Crippen molar-refractivity contribution >= 4 is 10.8 Å². The van der Waals surface area contributed by atoms with E-state index in [0.29, 0.717) is 17.5 Å². The number of rotatable bonds is 6. The van der Waals surface area contributed by atoms with Gasteiger partial charge in [0.15, 0.2) is 17.5 Å². The third kappa shape index (κ3) is 6.04. The summed E-state index contributed by atoms with van der Waals surface area (Å²) < 4.78 is 0. The molecule has 4 fully saturated rings. The summed E-state index contributed by atoms with van der Waals surface area (Å²) in [5.41, 5.74) is 16.6. The molecule has 1 spiro atoms. The van der Waals surface area contributed by atoms with Crippen LogP contribution in [0, 0.1) is 23.7 Å². The lowest BCUT2D eigenvalue weighted by Crippen LogP contribution is -2.58. The number of nitrogens with zero attached hydrogens (tertiary/aromatic N) is 3. The molecule has 4 bridgehead atoms. The van der Waals surface area contributed by atoms with Crippen LogP contribution in [0.5, 0.6) is 0 Å². The van der Waals surface area contributed by atoms with E-state index in [-0.39, 0.29) is 10.8 Å². The van der Waals surface area contributed by atoms with Gasteiger partial charge in [0.1, 0.15) is 0 Å². The Hall–Kier alpha value is -6.97. The van der Waals surface area contributed by atoms with Gasteiger partial charge < -0.3 is 0 Å². The molecule has 4 saturated carbocycles. The standard InChI is InChI=1S/C62H51N3/c1-61(2)54-22-11-12-23-56(54)62(48-33-39-32-40(35-48)36-49(62)34-39)57-38-46(28-31-55(57)61)42-26-24-41(25-27-42)45-18-13-19-47(37-45)59-63-58(44-16-7-4-8-17-44)64-60(65-59)53-30-29-50(43-14-5-3-6-15-43)51-20-9-10-21-52(51)53/h3-31,37-40,48-49H,32-36H2,1-2H3. The smallest absolute Gasteiger partial charge is 0.164 e. The van der Waals surface area contributed by atoms with E-state index in [1.54, 1.807) is 16.7 Å². The second-order valence-corrected chi connectivity index (χ2v) is 20.0. The highest BCUT2D eigenvalue weighted by molar-refractivity contribution is 6.04. The average molecular weight is 838 g/mol. The summed E-state index contributed by atoms with van der Waals surface area (Å²) in [6, 6.07) is 68.8. The SMILES string of the molecule is CC1(C)c2ccccc2C2(c3cc(-c4ccc(-c5cccc(-c6nc(-c7ccccc7)nc(-c7ccc(-c8ccccc8)c8ccccc78)n6)c5)cc4)ccc31)C1CC3CC(C1)CC2C3. The van der Waals surface area contributed by atoms with Crippen LogP contribution in [-0.4, -0.2) is 15.0 Å². The number of aromatic nitrogens is 3. The molecule has 0 saturated heterocycles. The monoisotopic (exact) mass is 837 g/mol. The topological polar surface area (TPSA) is 38.7 Å². The normalized spacial score (nSPS) is 22.2. The molecule has 1 heterocycles. The van der Waals surface area contributed by atoms with Crippen molar-refractivity contribution < 1.29 is 0 Å². The molecule has 0 radical (unpaired) electrons. The zero-order valence-electron chi connectivity index (χ0n) is 37.1. The molecular formula is C62H51N3. The zero-order chi connectivity index (χ0) is 43.3. The second kappa shape index (κ2) is 14.8. The van der Waals surface area contributed by atoms with Crippen molar-refractivity contribution in [1.82, 2.24) is 15.0 Å². The molecule has 314 valence electrons. The first-order chi connectivity index (χ1) is 31.9. The summed E-state index contributed by atoms with van der Waals surface area (Å²) in [5.74, 6) is 5.25. The minimum absolute atomic E-state index is 0.0405. The Bertz CT molecular complexity index is 3270. The van der Waals surface area contributed by atoms with Crippen molar-refractivity contribution in [3.05, 3.63) is 210 Å². The molecule has 0 N–H and O–H groups in total. The minimum Gasteiger partial charge on any atom is -0.208 e. The van der Waals surface area contributed by atoms with Crippen molar-refractivity contribution in [2.24, 2.45) is 23.7 Å². The van der Waals surface area contributed by atoms with Crippen molar-refractivity contribution in [2.45, 2.75) is 56.8 Å².